The monoisotopic (exact) mass is 266 g/mol. The topological polar surface area (TPSA) is 24.5 Å². The summed E-state index contributed by atoms with van der Waals surface area (Å²) in [7, 11) is 0. The van der Waals surface area contributed by atoms with Crippen LogP contribution in [0.5, 0.6) is 0 Å². The molecule has 0 aromatic rings. The van der Waals surface area contributed by atoms with E-state index >= 15 is 0 Å². The van der Waals surface area contributed by atoms with Crippen molar-refractivity contribution in [3.05, 3.63) is 0 Å². The van der Waals surface area contributed by atoms with E-state index in [9.17, 15) is 0 Å². The molecule has 110 valence electrons. The Bertz CT molecular complexity index is 268. The van der Waals surface area contributed by atoms with Gasteiger partial charge < -0.3 is 10.1 Å². The molecule has 0 aromatic heterocycles. The van der Waals surface area contributed by atoms with Crippen molar-refractivity contribution in [2.24, 2.45) is 5.92 Å². The van der Waals surface area contributed by atoms with Crippen LogP contribution < -0.4 is 5.32 Å². The van der Waals surface area contributed by atoms with E-state index in [0.29, 0.717) is 6.10 Å². The Hall–Kier alpha value is -0.120. The number of ether oxygens (including phenoxy) is 1. The number of piperidine rings is 1. The minimum atomic E-state index is 0.488. The van der Waals surface area contributed by atoms with E-state index in [1.807, 2.05) is 0 Å². The fraction of sp³-hybridized carbons (Fsp3) is 1.00. The molecule has 3 aliphatic rings. The van der Waals surface area contributed by atoms with Crippen LogP contribution in [-0.4, -0.2) is 49.3 Å². The molecule has 3 rings (SSSR count). The molecule has 2 aliphatic heterocycles. The van der Waals surface area contributed by atoms with Gasteiger partial charge in [-0.15, -0.1) is 0 Å². The number of nitrogens with one attached hydrogen (secondary N) is 1. The number of rotatable bonds is 4. The van der Waals surface area contributed by atoms with Gasteiger partial charge in [0.15, 0.2) is 0 Å². The van der Waals surface area contributed by atoms with E-state index in [1.165, 1.54) is 58.0 Å². The van der Waals surface area contributed by atoms with Gasteiger partial charge in [0.05, 0.1) is 6.10 Å². The lowest BCUT2D eigenvalue weighted by Gasteiger charge is -2.34. The first-order valence-corrected chi connectivity index (χ1v) is 8.45. The van der Waals surface area contributed by atoms with Crippen molar-refractivity contribution >= 4 is 0 Å². The highest BCUT2D eigenvalue weighted by molar-refractivity contribution is 4.94. The maximum absolute atomic E-state index is 5.81. The zero-order valence-electron chi connectivity index (χ0n) is 12.4. The van der Waals surface area contributed by atoms with Crippen molar-refractivity contribution in [1.82, 2.24) is 10.2 Å². The minimum Gasteiger partial charge on any atom is -0.377 e. The van der Waals surface area contributed by atoms with E-state index in [1.54, 1.807) is 0 Å². The van der Waals surface area contributed by atoms with Crippen LogP contribution in [0.4, 0.5) is 0 Å². The average Bonchev–Trinajstić information content (AvgIpc) is 2.81. The summed E-state index contributed by atoms with van der Waals surface area (Å²) in [5.74, 6) is 0.978. The highest BCUT2D eigenvalue weighted by Gasteiger charge is 2.36. The quantitative estimate of drug-likeness (QED) is 0.845. The van der Waals surface area contributed by atoms with Crippen LogP contribution in [0.3, 0.4) is 0 Å². The number of likely N-dealkylation sites (tertiary alicyclic amines) is 1. The van der Waals surface area contributed by atoms with Crippen molar-refractivity contribution in [2.75, 3.05) is 26.2 Å². The third-order valence-corrected chi connectivity index (χ3v) is 5.29. The number of nitrogens with zero attached hydrogens (tertiary/aromatic N) is 1. The summed E-state index contributed by atoms with van der Waals surface area (Å²) in [6.07, 6.45) is 10.3. The predicted molar refractivity (Wildman–Crippen MR) is 78.4 cm³/mol. The first-order chi connectivity index (χ1) is 9.35. The standard InChI is InChI=1S/C16H30N2O/c1-2-19-15-7-5-9-18(12-15)11-14-10-13-6-3-4-8-16(13)17-14/h13-17H,2-12H2,1H3. The molecule has 0 radical (unpaired) electrons. The van der Waals surface area contributed by atoms with E-state index in [-0.39, 0.29) is 0 Å². The normalized spacial score (nSPS) is 40.3. The van der Waals surface area contributed by atoms with Crippen LogP contribution in [0.2, 0.25) is 0 Å². The fourth-order valence-electron chi connectivity index (χ4n) is 4.44. The Morgan fingerprint density at radius 2 is 2.05 bits per heavy atom. The van der Waals surface area contributed by atoms with Gasteiger partial charge >= 0.3 is 0 Å². The Morgan fingerprint density at radius 3 is 2.89 bits per heavy atom. The van der Waals surface area contributed by atoms with Crippen LogP contribution >= 0.6 is 0 Å². The Kier molecular flexibility index (Phi) is 4.78. The van der Waals surface area contributed by atoms with Gasteiger partial charge in [-0.1, -0.05) is 12.8 Å². The predicted octanol–water partition coefficient (Wildman–Crippen LogP) is 2.41. The molecule has 0 amide bonds. The first kappa shape index (κ1) is 13.8. The summed E-state index contributed by atoms with van der Waals surface area (Å²) in [4.78, 5) is 2.64. The maximum Gasteiger partial charge on any atom is 0.0702 e. The second-order valence-corrected chi connectivity index (χ2v) is 6.73. The van der Waals surface area contributed by atoms with Crippen LogP contribution in [0.15, 0.2) is 0 Å². The van der Waals surface area contributed by atoms with E-state index in [2.05, 4.69) is 17.1 Å². The van der Waals surface area contributed by atoms with Crippen LogP contribution in [0.1, 0.15) is 51.9 Å². The van der Waals surface area contributed by atoms with Gasteiger partial charge in [-0.25, -0.2) is 0 Å². The second-order valence-electron chi connectivity index (χ2n) is 6.73. The minimum absolute atomic E-state index is 0.488. The van der Waals surface area contributed by atoms with Crippen molar-refractivity contribution < 1.29 is 4.74 Å². The first-order valence-electron chi connectivity index (χ1n) is 8.45. The molecular weight excluding hydrogens is 236 g/mol. The molecule has 3 fully saturated rings. The highest BCUT2D eigenvalue weighted by Crippen LogP contribution is 2.33. The summed E-state index contributed by atoms with van der Waals surface area (Å²) in [5.41, 5.74) is 0. The van der Waals surface area contributed by atoms with Gasteiger partial charge in [-0.2, -0.15) is 0 Å². The van der Waals surface area contributed by atoms with E-state index in [0.717, 1.165) is 31.2 Å². The number of fused-ring (bicyclic) bond motifs is 1. The molecule has 3 heteroatoms. The van der Waals surface area contributed by atoms with Crippen molar-refractivity contribution in [1.29, 1.82) is 0 Å². The lowest BCUT2D eigenvalue weighted by Crippen LogP contribution is -2.46. The molecule has 1 aliphatic carbocycles. The lowest BCUT2D eigenvalue weighted by molar-refractivity contribution is 0.00392. The maximum atomic E-state index is 5.81. The van der Waals surface area contributed by atoms with Gasteiger partial charge in [0.25, 0.3) is 0 Å². The van der Waals surface area contributed by atoms with E-state index < -0.39 is 0 Å². The third kappa shape index (κ3) is 3.50. The third-order valence-electron chi connectivity index (χ3n) is 5.29. The van der Waals surface area contributed by atoms with Gasteiger partial charge in [-0.05, 0) is 51.5 Å². The van der Waals surface area contributed by atoms with Crippen LogP contribution in [0.25, 0.3) is 0 Å². The zero-order chi connectivity index (χ0) is 13.1. The molecule has 0 aromatic carbocycles. The molecule has 4 unspecified atom stereocenters. The second kappa shape index (κ2) is 6.55. The van der Waals surface area contributed by atoms with Crippen molar-refractivity contribution in [2.45, 2.75) is 70.1 Å². The Balaban J connectivity index is 1.46. The summed E-state index contributed by atoms with van der Waals surface area (Å²) in [6.45, 7) is 6.65. The summed E-state index contributed by atoms with van der Waals surface area (Å²) >= 11 is 0. The fourth-order valence-corrected chi connectivity index (χ4v) is 4.44. The van der Waals surface area contributed by atoms with Gasteiger partial charge in [0, 0.05) is 31.8 Å². The molecule has 3 nitrogen and oxygen atoms in total. The number of hydrogen-bond donors (Lipinski definition) is 1. The van der Waals surface area contributed by atoms with Crippen LogP contribution in [0, 0.1) is 5.92 Å². The molecule has 0 bridgehead atoms. The smallest absolute Gasteiger partial charge is 0.0702 e. The molecule has 1 saturated carbocycles. The van der Waals surface area contributed by atoms with Gasteiger partial charge in [-0.3, -0.25) is 4.90 Å². The molecule has 2 saturated heterocycles. The summed E-state index contributed by atoms with van der Waals surface area (Å²) < 4.78 is 5.81. The Labute approximate surface area is 118 Å². The molecular formula is C16H30N2O. The van der Waals surface area contributed by atoms with Gasteiger partial charge in [0.2, 0.25) is 0 Å². The SMILES string of the molecule is CCOC1CCCN(CC2CC3CCCCC3N2)C1. The summed E-state index contributed by atoms with van der Waals surface area (Å²) in [5, 5.41) is 3.90. The molecule has 2 heterocycles. The average molecular weight is 266 g/mol. The number of hydrogen-bond acceptors (Lipinski definition) is 3. The van der Waals surface area contributed by atoms with Crippen molar-refractivity contribution in [3.63, 3.8) is 0 Å². The van der Waals surface area contributed by atoms with Gasteiger partial charge in [0.1, 0.15) is 0 Å². The molecule has 0 spiro atoms. The molecule has 1 N–H and O–H groups in total. The highest BCUT2D eigenvalue weighted by atomic mass is 16.5. The Morgan fingerprint density at radius 1 is 1.16 bits per heavy atom. The zero-order valence-corrected chi connectivity index (χ0v) is 12.4. The lowest BCUT2D eigenvalue weighted by atomic mass is 9.85. The van der Waals surface area contributed by atoms with Crippen LogP contribution in [-0.2, 0) is 4.74 Å². The largest absolute Gasteiger partial charge is 0.377 e. The van der Waals surface area contributed by atoms with Crippen molar-refractivity contribution in [3.8, 4) is 0 Å². The molecule has 19 heavy (non-hydrogen) atoms. The molecule has 4 atom stereocenters. The summed E-state index contributed by atoms with van der Waals surface area (Å²) in [6, 6.07) is 1.58. The van der Waals surface area contributed by atoms with E-state index in [4.69, 9.17) is 4.74 Å².